The van der Waals surface area contributed by atoms with Crippen molar-refractivity contribution in [2.75, 3.05) is 80.8 Å². The van der Waals surface area contributed by atoms with E-state index in [0.717, 1.165) is 117 Å². The van der Waals surface area contributed by atoms with Gasteiger partial charge in [-0.15, -0.1) is 0 Å². The van der Waals surface area contributed by atoms with Crippen LogP contribution in [0.4, 0.5) is 0 Å². The van der Waals surface area contributed by atoms with Gasteiger partial charge < -0.3 is 64.2 Å². The highest BCUT2D eigenvalue weighted by molar-refractivity contribution is 4.84. The molecule has 0 radical (unpaired) electrons. The highest BCUT2D eigenvalue weighted by Gasteiger charge is 2.35. The van der Waals surface area contributed by atoms with Gasteiger partial charge in [-0.1, -0.05) is 398 Å². The van der Waals surface area contributed by atoms with Crippen LogP contribution in [-0.4, -0.2) is 173 Å². The molecule has 1 saturated heterocycles. The van der Waals surface area contributed by atoms with Gasteiger partial charge in [0.25, 0.3) is 0 Å². The molecule has 12 unspecified atom stereocenters. The summed E-state index contributed by atoms with van der Waals surface area (Å²) >= 11 is 0. The Balaban J connectivity index is -0.0000000695. The van der Waals surface area contributed by atoms with Crippen LogP contribution in [0.25, 0.3) is 0 Å². The van der Waals surface area contributed by atoms with Gasteiger partial charge >= 0.3 is 17.1 Å². The summed E-state index contributed by atoms with van der Waals surface area (Å²) in [4.78, 5) is 36.2. The van der Waals surface area contributed by atoms with Gasteiger partial charge in [-0.2, -0.15) is 0 Å². The van der Waals surface area contributed by atoms with Crippen LogP contribution in [0.5, 0.6) is 0 Å². The van der Waals surface area contributed by atoms with Crippen LogP contribution in [0.1, 0.15) is 481 Å². The molecule has 790 valence electrons. The Kier molecular flexibility index (Phi) is 144. The van der Waals surface area contributed by atoms with Crippen LogP contribution < -0.4 is 17.1 Å². The fourth-order valence-corrected chi connectivity index (χ4v) is 11.8. The molecule has 1 fully saturated rings. The molecular formula is C108H247N3O16. The first-order valence-electron chi connectivity index (χ1n) is 49.7. The molecule has 0 aliphatic carbocycles. The third-order valence-corrected chi connectivity index (χ3v) is 25.5. The number of nitrogens with zero attached hydrogens (tertiary/aromatic N) is 3. The van der Waals surface area contributed by atoms with Crippen molar-refractivity contribution in [2.24, 2.45) is 69.0 Å². The Morgan fingerprint density at radius 1 is 0.370 bits per heavy atom. The molecule has 19 nitrogen and oxygen atoms in total. The molecule has 1 aliphatic rings. The summed E-state index contributed by atoms with van der Waals surface area (Å²) in [6.45, 7) is 88.2. The van der Waals surface area contributed by atoms with Gasteiger partial charge in [0.15, 0.2) is 0 Å². The Bertz CT molecular complexity index is 2100. The van der Waals surface area contributed by atoms with E-state index in [0.29, 0.717) is 124 Å². The third-order valence-electron chi connectivity index (χ3n) is 25.5. The standard InChI is InChI=1S/C12H21N3O3.C10H22O2.C9H20O3.C9H18O2.C9H20O2.2C9H20.C8H18O.C7H16.C6H14.2C5H12O.C4H10O.6CH4/c1-4-7-13-10(16)14(8-5-2)12(18)15(9-6-3)11(13)17;1-5-7(3)10(12)8(4)9(11)6-2;1-4-9(10)7-12-6-8(2)5-11-3;1-4-8(10)9-7(3)6(2)5-11-9;1-4-8(3)6-11-7-9(10)5-2;2*1-5-9(6-2,7-3)8-4;1-4-8(5-2,6-3)7-9;1-5-7(3,4)6-2;1-4-6(3)5-2;1-5(2)4-6-3;1-3-5(6)4-2;1-3-4-5-2;;;;;;/h4-9H2,1-3H3;7-12H,5-6H2,1-4H3;8-10H,4-7H2,1-3H3;6-10H,4-5H2,1-3H3;8-10H,4-7H2,1-3H3;2*5-8H2,1-4H3;9H,4-7H2,1-3H3;5-6H2,1-4H3;6H,4-5H2,1-3H3;5H,4H2,1-3H3;5-6H,3-4H2,1-2H3;3-4H2,1-2H3;6*1H4. The number of methoxy groups -OCH3 is 3. The van der Waals surface area contributed by atoms with Gasteiger partial charge in [0, 0.05) is 85.8 Å². The molecule has 0 saturated carbocycles. The van der Waals surface area contributed by atoms with E-state index in [2.05, 4.69) is 187 Å². The first-order valence-corrected chi connectivity index (χ1v) is 49.7. The predicted octanol–water partition coefficient (Wildman–Crippen LogP) is 28.5. The molecule has 1 aromatic rings. The summed E-state index contributed by atoms with van der Waals surface area (Å²) < 4.78 is 34.0. The Morgan fingerprint density at radius 3 is 0.835 bits per heavy atom. The van der Waals surface area contributed by atoms with E-state index in [-0.39, 0.29) is 105 Å². The Morgan fingerprint density at radius 2 is 0.685 bits per heavy atom. The second kappa shape index (κ2) is 111. The fraction of sp³-hybridized carbons (Fsp3) is 0.972. The van der Waals surface area contributed by atoms with Gasteiger partial charge in [-0.05, 0) is 141 Å². The highest BCUT2D eigenvalue weighted by atomic mass is 16.5. The lowest BCUT2D eigenvalue weighted by molar-refractivity contribution is -0.0176. The van der Waals surface area contributed by atoms with Crippen LogP contribution in [0.15, 0.2) is 14.4 Å². The molecule has 12 atom stereocenters. The molecular weight excluding hydrogens is 1600 g/mol. The fourth-order valence-electron chi connectivity index (χ4n) is 11.8. The van der Waals surface area contributed by atoms with Gasteiger partial charge in [0.05, 0.1) is 69.2 Å². The monoisotopic (exact) mass is 1840 g/mol. The van der Waals surface area contributed by atoms with Gasteiger partial charge in [0.1, 0.15) is 0 Å². The first-order chi connectivity index (χ1) is 56.8. The largest absolute Gasteiger partial charge is 0.396 e. The minimum atomic E-state index is -0.485. The lowest BCUT2D eigenvalue weighted by atomic mass is 9.78. The van der Waals surface area contributed by atoms with Crippen molar-refractivity contribution < 1.29 is 64.2 Å². The van der Waals surface area contributed by atoms with Gasteiger partial charge in [-0.25, -0.2) is 28.1 Å². The summed E-state index contributed by atoms with van der Waals surface area (Å²) in [5.41, 5.74) is 0.683. The van der Waals surface area contributed by atoms with Crippen molar-refractivity contribution in [3.05, 3.63) is 31.5 Å². The second-order valence-electron chi connectivity index (χ2n) is 35.5. The lowest BCUT2D eigenvalue weighted by Gasteiger charge is -2.28. The van der Waals surface area contributed by atoms with Crippen LogP contribution in [0.2, 0.25) is 0 Å². The van der Waals surface area contributed by atoms with Crippen LogP contribution in [0, 0.1) is 69.0 Å². The number of aromatic nitrogens is 3. The molecule has 7 N–H and O–H groups in total. The molecule has 19 heteroatoms. The number of rotatable bonds is 48. The number of aliphatic hydroxyl groups excluding tert-OH is 7. The third kappa shape index (κ3) is 91.4. The highest BCUT2D eigenvalue weighted by Crippen LogP contribution is 2.35. The van der Waals surface area contributed by atoms with Crippen molar-refractivity contribution in [1.29, 1.82) is 0 Å². The Hall–Kier alpha value is -2.11. The molecule has 1 aliphatic heterocycles. The van der Waals surface area contributed by atoms with E-state index in [1.54, 1.807) is 21.3 Å². The number of hydrogen-bond acceptors (Lipinski definition) is 16. The average molecular weight is 1840 g/mol. The maximum Gasteiger partial charge on any atom is 0.336 e. The summed E-state index contributed by atoms with van der Waals surface area (Å²) in [6, 6.07) is 0. The first kappa shape index (κ1) is 165. The minimum Gasteiger partial charge on any atom is -0.396 e. The van der Waals surface area contributed by atoms with Gasteiger partial charge in [0.2, 0.25) is 0 Å². The molecule has 1 aromatic heterocycles. The minimum absolute atomic E-state index is 0. The zero-order valence-electron chi connectivity index (χ0n) is 88.9. The van der Waals surface area contributed by atoms with Crippen molar-refractivity contribution in [3.63, 3.8) is 0 Å². The Labute approximate surface area is 798 Å². The van der Waals surface area contributed by atoms with Crippen molar-refractivity contribution in [3.8, 4) is 0 Å². The number of ether oxygens (including phenoxy) is 6. The van der Waals surface area contributed by atoms with Crippen molar-refractivity contribution >= 4 is 0 Å². The van der Waals surface area contributed by atoms with E-state index in [4.69, 9.17) is 48.8 Å². The molecule has 0 bridgehead atoms. The van der Waals surface area contributed by atoms with E-state index >= 15 is 0 Å². The zero-order valence-corrected chi connectivity index (χ0v) is 88.9. The lowest BCUT2D eigenvalue weighted by Crippen LogP contribution is -2.54. The summed E-state index contributed by atoms with van der Waals surface area (Å²) in [5.74, 6) is 4.00. The molecule has 127 heavy (non-hydrogen) atoms. The maximum atomic E-state index is 12.1. The molecule has 0 aromatic carbocycles. The summed E-state index contributed by atoms with van der Waals surface area (Å²) in [7, 11) is 5.11. The van der Waals surface area contributed by atoms with Crippen LogP contribution in [-0.2, 0) is 48.1 Å². The summed E-state index contributed by atoms with van der Waals surface area (Å²) in [5, 5.41) is 64.6. The van der Waals surface area contributed by atoms with Crippen LogP contribution in [0.3, 0.4) is 0 Å². The normalized spacial score (nSPS) is 15.0. The average Bonchev–Trinajstić information content (AvgIpc) is 1.42. The SMILES string of the molecule is C.C.C.C.C.C.CCC(C)(C)CC.CCC(C)C(O)C(C)C(O)CC.CCC(C)CC.CCC(C)COCC(O)CC.CCC(CC)(CC)CC.CCC(CC)(CC)CC.CCC(CC)(CC)CO.CCC(O)C1OCC(C)C1C.CCC(O)CC.CCC(O)COCC(C)COC.CCCOC.CCCn1c(=O)n(CCC)c(=O)n(CCC)c1=O.COCC(C)C. The molecule has 2 heterocycles. The summed E-state index contributed by atoms with van der Waals surface area (Å²) in [6.07, 6.45) is 27.8. The quantitative estimate of drug-likeness (QED) is 0.0320. The van der Waals surface area contributed by atoms with E-state index in [1.807, 2.05) is 76.2 Å². The zero-order chi connectivity index (χ0) is 96.9. The molecule has 0 amide bonds. The van der Waals surface area contributed by atoms with Gasteiger partial charge in [-0.3, -0.25) is 0 Å². The van der Waals surface area contributed by atoms with Crippen molar-refractivity contribution in [2.45, 2.75) is 543 Å². The maximum absolute atomic E-state index is 12.1. The second-order valence-corrected chi connectivity index (χ2v) is 35.5. The van der Waals surface area contributed by atoms with Crippen molar-refractivity contribution in [1.82, 2.24) is 13.7 Å². The van der Waals surface area contributed by atoms with E-state index in [9.17, 15) is 29.7 Å². The number of aliphatic hydroxyl groups is 7. The van der Waals surface area contributed by atoms with E-state index < -0.39 is 17.1 Å². The molecule has 2 rings (SSSR count). The van der Waals surface area contributed by atoms with E-state index in [1.165, 1.54) is 77.0 Å². The number of hydrogen-bond donors (Lipinski definition) is 7. The van der Waals surface area contributed by atoms with Crippen LogP contribution >= 0.6 is 0 Å². The topological polar surface area (TPSA) is 263 Å². The predicted molar refractivity (Wildman–Crippen MR) is 568 cm³/mol. The molecule has 0 spiro atoms. The smallest absolute Gasteiger partial charge is 0.336 e.